The molecule has 0 amide bonds. The maximum atomic E-state index is 12.9. The van der Waals surface area contributed by atoms with Crippen LogP contribution >= 0.6 is 0 Å². The van der Waals surface area contributed by atoms with Crippen LogP contribution in [-0.2, 0) is 28.6 Å². The fourth-order valence-corrected chi connectivity index (χ4v) is 8.39. The molecule has 0 aromatic heterocycles. The molecule has 0 N–H and O–H groups in total. The molecule has 0 heterocycles. The van der Waals surface area contributed by atoms with Crippen molar-refractivity contribution >= 4 is 17.9 Å². The van der Waals surface area contributed by atoms with E-state index in [1.54, 1.807) is 0 Å². The number of carbonyl (C=O) groups excluding carboxylic acids is 3. The van der Waals surface area contributed by atoms with E-state index in [4.69, 9.17) is 14.2 Å². The molecule has 0 saturated carbocycles. The number of hydrogen-bond acceptors (Lipinski definition) is 6. The maximum absolute atomic E-state index is 12.9. The van der Waals surface area contributed by atoms with E-state index in [0.29, 0.717) is 19.3 Å². The Labute approximate surface area is 457 Å². The lowest BCUT2D eigenvalue weighted by atomic mass is 10.1. The Kier molecular flexibility index (Phi) is 58.3. The van der Waals surface area contributed by atoms with Crippen molar-refractivity contribution < 1.29 is 28.6 Å². The lowest BCUT2D eigenvalue weighted by Gasteiger charge is -2.18. The minimum absolute atomic E-state index is 0.0869. The van der Waals surface area contributed by atoms with Crippen molar-refractivity contribution in [2.75, 3.05) is 13.2 Å². The molecule has 0 rings (SSSR count). The van der Waals surface area contributed by atoms with Crippen molar-refractivity contribution in [3.63, 3.8) is 0 Å². The molecule has 0 aliphatic heterocycles. The minimum Gasteiger partial charge on any atom is -0.462 e. The van der Waals surface area contributed by atoms with E-state index < -0.39 is 6.10 Å². The van der Waals surface area contributed by atoms with Crippen LogP contribution in [0, 0.1) is 0 Å². The average Bonchev–Trinajstić information content (AvgIpc) is 3.40. The van der Waals surface area contributed by atoms with Gasteiger partial charge in [-0.1, -0.05) is 265 Å². The number of allylic oxidation sites excluding steroid dienone is 18. The van der Waals surface area contributed by atoms with Gasteiger partial charge < -0.3 is 14.2 Å². The van der Waals surface area contributed by atoms with Crippen molar-refractivity contribution in [1.82, 2.24) is 0 Å². The van der Waals surface area contributed by atoms with E-state index in [0.717, 1.165) is 122 Å². The van der Waals surface area contributed by atoms with Gasteiger partial charge in [-0.2, -0.15) is 0 Å². The third kappa shape index (κ3) is 59.0. The SMILES string of the molecule is CC/C=C\C/C=C\C/C=C\C/C=C\C/C=C\C/C=C\C/C=C\C/C=C\CCCCCCC(=O)OCC(COC(=O)CCCCCCCCCCC)OC(=O)CCCCCCCCC/C=C\CCCCCCCCC. The smallest absolute Gasteiger partial charge is 0.306 e. The number of unbranched alkanes of at least 4 members (excludes halogenated alkanes) is 26. The predicted octanol–water partition coefficient (Wildman–Crippen LogP) is 21.0. The highest BCUT2D eigenvalue weighted by Crippen LogP contribution is 2.15. The first-order valence-electron chi connectivity index (χ1n) is 30.9. The Bertz CT molecular complexity index is 1510. The molecule has 0 aliphatic rings. The van der Waals surface area contributed by atoms with Crippen LogP contribution in [0.1, 0.15) is 284 Å². The standard InChI is InChI=1S/C68H114O6/c1-4-7-10-13-16-19-21-23-25-27-29-30-31-32-33-34-35-36-37-38-39-41-42-44-46-49-52-55-58-61-67(70)73-64-65(63-72-66(69)60-57-54-51-48-18-15-12-9-6-3)74-68(71)62-59-56-53-50-47-45-43-40-28-26-24-22-20-17-14-11-8-5-2/h7,10,16,19,23,25-26,28-30,32-33,35-36,38-39,42,44,65H,4-6,8-9,11-15,17-18,20-22,24,27,31,34,37,40-41,43,45-64H2,1-3H3/b10-7-,19-16-,25-23-,28-26-,30-29-,33-32-,36-35-,39-38-,44-42-. The Morgan fingerprint density at radius 1 is 0.284 bits per heavy atom. The zero-order chi connectivity index (χ0) is 53.6. The third-order valence-corrected chi connectivity index (χ3v) is 13.0. The Hall–Kier alpha value is -3.93. The number of esters is 3. The second-order valence-electron chi connectivity index (χ2n) is 20.2. The minimum atomic E-state index is -0.790. The van der Waals surface area contributed by atoms with Gasteiger partial charge in [0.2, 0.25) is 0 Å². The van der Waals surface area contributed by atoms with Crippen molar-refractivity contribution in [1.29, 1.82) is 0 Å². The number of carbonyl (C=O) groups is 3. The number of ether oxygens (including phenoxy) is 3. The largest absolute Gasteiger partial charge is 0.462 e. The Morgan fingerprint density at radius 3 is 0.838 bits per heavy atom. The number of hydrogen-bond donors (Lipinski definition) is 0. The molecule has 0 radical (unpaired) electrons. The van der Waals surface area contributed by atoms with Gasteiger partial charge in [0.15, 0.2) is 6.10 Å². The lowest BCUT2D eigenvalue weighted by Crippen LogP contribution is -2.30. The van der Waals surface area contributed by atoms with E-state index in [2.05, 4.69) is 130 Å². The highest BCUT2D eigenvalue weighted by molar-refractivity contribution is 5.71. The molecule has 1 atom stereocenters. The molecule has 0 bridgehead atoms. The molecule has 1 unspecified atom stereocenters. The maximum Gasteiger partial charge on any atom is 0.306 e. The van der Waals surface area contributed by atoms with Crippen molar-refractivity contribution in [3.8, 4) is 0 Å². The zero-order valence-electron chi connectivity index (χ0n) is 48.3. The van der Waals surface area contributed by atoms with Crippen LogP contribution in [0.15, 0.2) is 109 Å². The Balaban J connectivity index is 4.30. The molecule has 0 spiro atoms. The zero-order valence-corrected chi connectivity index (χ0v) is 48.3. The van der Waals surface area contributed by atoms with Crippen LogP contribution in [0.4, 0.5) is 0 Å². The fraction of sp³-hybridized carbons (Fsp3) is 0.691. The van der Waals surface area contributed by atoms with Crippen molar-refractivity contribution in [2.24, 2.45) is 0 Å². The third-order valence-electron chi connectivity index (χ3n) is 13.0. The predicted molar refractivity (Wildman–Crippen MR) is 320 cm³/mol. The second kappa shape index (κ2) is 61.6. The average molecular weight is 1030 g/mol. The topological polar surface area (TPSA) is 78.9 Å². The quantitative estimate of drug-likeness (QED) is 0.0261. The summed E-state index contributed by atoms with van der Waals surface area (Å²) in [5.74, 6) is -0.916. The first-order valence-corrected chi connectivity index (χ1v) is 30.9. The van der Waals surface area contributed by atoms with Crippen LogP contribution in [-0.4, -0.2) is 37.2 Å². The molecule has 6 nitrogen and oxygen atoms in total. The fourth-order valence-electron chi connectivity index (χ4n) is 8.39. The van der Waals surface area contributed by atoms with Gasteiger partial charge in [-0.3, -0.25) is 14.4 Å². The molecule has 0 fully saturated rings. The van der Waals surface area contributed by atoms with Gasteiger partial charge in [0.25, 0.3) is 0 Å². The Morgan fingerprint density at radius 2 is 0.527 bits per heavy atom. The van der Waals surface area contributed by atoms with E-state index in [-0.39, 0.29) is 31.1 Å². The number of rotatable bonds is 55. The summed E-state index contributed by atoms with van der Waals surface area (Å²) in [4.78, 5) is 38.1. The molecule has 0 aromatic rings. The summed E-state index contributed by atoms with van der Waals surface area (Å²) < 4.78 is 16.8. The molecule has 0 aromatic carbocycles. The summed E-state index contributed by atoms with van der Waals surface area (Å²) in [5.41, 5.74) is 0. The summed E-state index contributed by atoms with van der Waals surface area (Å²) >= 11 is 0. The molecular formula is C68H114O6. The van der Waals surface area contributed by atoms with Gasteiger partial charge in [-0.15, -0.1) is 0 Å². The van der Waals surface area contributed by atoms with Crippen LogP contribution in [0.3, 0.4) is 0 Å². The van der Waals surface area contributed by atoms with E-state index in [9.17, 15) is 14.4 Å². The van der Waals surface area contributed by atoms with Crippen LogP contribution in [0.25, 0.3) is 0 Å². The van der Waals surface area contributed by atoms with Crippen molar-refractivity contribution in [2.45, 2.75) is 290 Å². The molecule has 74 heavy (non-hydrogen) atoms. The van der Waals surface area contributed by atoms with Crippen LogP contribution < -0.4 is 0 Å². The van der Waals surface area contributed by atoms with Gasteiger partial charge in [-0.05, 0) is 109 Å². The molecular weight excluding hydrogens is 913 g/mol. The lowest BCUT2D eigenvalue weighted by molar-refractivity contribution is -0.167. The highest BCUT2D eigenvalue weighted by atomic mass is 16.6. The van der Waals surface area contributed by atoms with Gasteiger partial charge in [0.1, 0.15) is 13.2 Å². The summed E-state index contributed by atoms with van der Waals surface area (Å²) in [6.07, 6.45) is 83.8. The van der Waals surface area contributed by atoms with Crippen LogP contribution in [0.2, 0.25) is 0 Å². The van der Waals surface area contributed by atoms with Gasteiger partial charge in [-0.25, -0.2) is 0 Å². The summed E-state index contributed by atoms with van der Waals surface area (Å²) in [7, 11) is 0. The molecule has 422 valence electrons. The van der Waals surface area contributed by atoms with Gasteiger partial charge in [0, 0.05) is 19.3 Å². The highest BCUT2D eigenvalue weighted by Gasteiger charge is 2.19. The summed E-state index contributed by atoms with van der Waals surface area (Å²) in [6.45, 7) is 6.49. The van der Waals surface area contributed by atoms with Gasteiger partial charge >= 0.3 is 17.9 Å². The summed E-state index contributed by atoms with van der Waals surface area (Å²) in [5, 5.41) is 0. The molecule has 0 aliphatic carbocycles. The monoisotopic (exact) mass is 1030 g/mol. The van der Waals surface area contributed by atoms with Gasteiger partial charge in [0.05, 0.1) is 0 Å². The van der Waals surface area contributed by atoms with Crippen LogP contribution in [0.5, 0.6) is 0 Å². The van der Waals surface area contributed by atoms with E-state index in [1.807, 2.05) is 0 Å². The van der Waals surface area contributed by atoms with Crippen molar-refractivity contribution in [3.05, 3.63) is 109 Å². The van der Waals surface area contributed by atoms with E-state index >= 15 is 0 Å². The first-order chi connectivity index (χ1) is 36.5. The molecule has 0 saturated heterocycles. The summed E-state index contributed by atoms with van der Waals surface area (Å²) in [6, 6.07) is 0. The van der Waals surface area contributed by atoms with E-state index in [1.165, 1.54) is 122 Å². The first kappa shape index (κ1) is 70.1. The molecule has 6 heteroatoms. The second-order valence-corrected chi connectivity index (χ2v) is 20.2. The normalized spacial score (nSPS) is 12.9.